The summed E-state index contributed by atoms with van der Waals surface area (Å²) in [4.78, 5) is 23.0. The maximum absolute atomic E-state index is 12.0. The maximum atomic E-state index is 12.0. The van der Waals surface area contributed by atoms with E-state index in [0.29, 0.717) is 11.8 Å². The summed E-state index contributed by atoms with van der Waals surface area (Å²) in [6, 6.07) is 0. The van der Waals surface area contributed by atoms with Gasteiger partial charge in [-0.1, -0.05) is 20.8 Å². The lowest BCUT2D eigenvalue weighted by Crippen LogP contribution is -2.29. The van der Waals surface area contributed by atoms with E-state index in [1.807, 2.05) is 0 Å². The molecule has 0 radical (unpaired) electrons. The molecule has 3 nitrogen and oxygen atoms in total. The average molecular weight is 254 g/mol. The number of rotatable bonds is 4. The standard InChI is InChI=1S/C15H26O3/c1-15(2,3)12-7-5-11(6-8-12)13(16)9-10-14(17)18-4/h11-12H,5-10H2,1-4H3. The van der Waals surface area contributed by atoms with Gasteiger partial charge in [0.2, 0.25) is 0 Å². The van der Waals surface area contributed by atoms with Crippen molar-refractivity contribution in [3.63, 3.8) is 0 Å². The third-order valence-electron chi connectivity index (χ3n) is 4.21. The van der Waals surface area contributed by atoms with Gasteiger partial charge in [0.25, 0.3) is 0 Å². The Morgan fingerprint density at radius 2 is 1.61 bits per heavy atom. The SMILES string of the molecule is COC(=O)CCC(=O)C1CCC(C(C)(C)C)CC1. The number of carbonyl (C=O) groups excluding carboxylic acids is 2. The van der Waals surface area contributed by atoms with Gasteiger partial charge in [-0.3, -0.25) is 9.59 Å². The van der Waals surface area contributed by atoms with Crippen molar-refractivity contribution in [2.45, 2.75) is 59.3 Å². The van der Waals surface area contributed by atoms with E-state index in [-0.39, 0.29) is 24.1 Å². The topological polar surface area (TPSA) is 43.4 Å². The Morgan fingerprint density at radius 1 is 1.06 bits per heavy atom. The van der Waals surface area contributed by atoms with Crippen LogP contribution in [0.15, 0.2) is 0 Å². The summed E-state index contributed by atoms with van der Waals surface area (Å²) in [6.45, 7) is 6.82. The van der Waals surface area contributed by atoms with Gasteiger partial charge in [0.15, 0.2) is 0 Å². The maximum Gasteiger partial charge on any atom is 0.305 e. The molecule has 18 heavy (non-hydrogen) atoms. The third kappa shape index (κ3) is 4.43. The molecule has 0 aromatic heterocycles. The quantitative estimate of drug-likeness (QED) is 0.722. The third-order valence-corrected chi connectivity index (χ3v) is 4.21. The van der Waals surface area contributed by atoms with Gasteiger partial charge in [-0.2, -0.15) is 0 Å². The van der Waals surface area contributed by atoms with Crippen LogP contribution in [-0.2, 0) is 14.3 Å². The van der Waals surface area contributed by atoms with E-state index in [0.717, 1.165) is 31.6 Å². The van der Waals surface area contributed by atoms with Gasteiger partial charge >= 0.3 is 5.97 Å². The molecule has 0 aliphatic heterocycles. The molecule has 104 valence electrons. The summed E-state index contributed by atoms with van der Waals surface area (Å²) in [5, 5.41) is 0. The van der Waals surface area contributed by atoms with Gasteiger partial charge < -0.3 is 4.74 Å². The van der Waals surface area contributed by atoms with E-state index in [1.165, 1.54) is 7.11 Å². The van der Waals surface area contributed by atoms with Crippen molar-refractivity contribution in [2.75, 3.05) is 7.11 Å². The van der Waals surface area contributed by atoms with Gasteiger partial charge in [-0.15, -0.1) is 0 Å². The lowest BCUT2D eigenvalue weighted by Gasteiger charge is -2.36. The molecule has 0 amide bonds. The zero-order valence-corrected chi connectivity index (χ0v) is 12.1. The lowest BCUT2D eigenvalue weighted by molar-refractivity contribution is -0.142. The van der Waals surface area contributed by atoms with Crippen LogP contribution in [0.2, 0.25) is 0 Å². The van der Waals surface area contributed by atoms with Crippen molar-refractivity contribution in [1.29, 1.82) is 0 Å². The fourth-order valence-electron chi connectivity index (χ4n) is 2.81. The molecule has 0 aromatic carbocycles. The zero-order chi connectivity index (χ0) is 13.8. The predicted octanol–water partition coefficient (Wildman–Crippen LogP) is 3.36. The highest BCUT2D eigenvalue weighted by molar-refractivity contribution is 5.84. The second-order valence-corrected chi connectivity index (χ2v) is 6.46. The Bertz CT molecular complexity index is 293. The van der Waals surface area contributed by atoms with E-state index in [4.69, 9.17) is 0 Å². The molecule has 3 heteroatoms. The zero-order valence-electron chi connectivity index (χ0n) is 12.1. The van der Waals surface area contributed by atoms with Crippen LogP contribution in [0.25, 0.3) is 0 Å². The van der Waals surface area contributed by atoms with Gasteiger partial charge in [-0.05, 0) is 37.0 Å². The van der Waals surface area contributed by atoms with E-state index in [1.54, 1.807) is 0 Å². The minimum Gasteiger partial charge on any atom is -0.469 e. The molecule has 1 saturated carbocycles. The van der Waals surface area contributed by atoms with Crippen LogP contribution in [0.5, 0.6) is 0 Å². The number of ether oxygens (including phenoxy) is 1. The molecule has 0 atom stereocenters. The fraction of sp³-hybridized carbons (Fsp3) is 0.867. The summed E-state index contributed by atoms with van der Waals surface area (Å²) < 4.78 is 4.56. The molecule has 0 aromatic rings. The number of hydrogen-bond acceptors (Lipinski definition) is 3. The molecule has 0 N–H and O–H groups in total. The molecule has 0 spiro atoms. The molecule has 0 heterocycles. The molecule has 1 rings (SSSR count). The Kier molecular flexibility index (Phi) is 5.36. The first-order valence-corrected chi connectivity index (χ1v) is 6.94. The second-order valence-electron chi connectivity index (χ2n) is 6.46. The first-order valence-electron chi connectivity index (χ1n) is 6.94. The van der Waals surface area contributed by atoms with Crippen LogP contribution in [0.4, 0.5) is 0 Å². The molecular formula is C15H26O3. The first-order chi connectivity index (χ1) is 8.34. The van der Waals surface area contributed by atoms with Crippen LogP contribution in [-0.4, -0.2) is 18.9 Å². The molecule has 1 aliphatic rings. The van der Waals surface area contributed by atoms with Crippen LogP contribution in [0.1, 0.15) is 59.3 Å². The number of hydrogen-bond donors (Lipinski definition) is 0. The van der Waals surface area contributed by atoms with Gasteiger partial charge in [-0.25, -0.2) is 0 Å². The largest absolute Gasteiger partial charge is 0.469 e. The minimum absolute atomic E-state index is 0.174. The highest BCUT2D eigenvalue weighted by Crippen LogP contribution is 2.40. The number of esters is 1. The minimum atomic E-state index is -0.285. The number of Topliss-reactive ketones (excluding diaryl/α,β-unsaturated/α-hetero) is 1. The summed E-state index contributed by atoms with van der Waals surface area (Å²) >= 11 is 0. The van der Waals surface area contributed by atoms with Crippen LogP contribution >= 0.6 is 0 Å². The number of carbonyl (C=O) groups is 2. The Hall–Kier alpha value is -0.860. The van der Waals surface area contributed by atoms with E-state index in [9.17, 15) is 9.59 Å². The summed E-state index contributed by atoms with van der Waals surface area (Å²) in [5.74, 6) is 0.856. The van der Waals surface area contributed by atoms with Gasteiger partial charge in [0, 0.05) is 12.3 Å². The highest BCUT2D eigenvalue weighted by Gasteiger charge is 2.32. The van der Waals surface area contributed by atoms with Crippen molar-refractivity contribution in [3.8, 4) is 0 Å². The number of ketones is 1. The molecule has 1 aliphatic carbocycles. The van der Waals surface area contributed by atoms with Crippen molar-refractivity contribution >= 4 is 11.8 Å². The summed E-state index contributed by atoms with van der Waals surface area (Å²) in [7, 11) is 1.36. The molecular weight excluding hydrogens is 228 g/mol. The molecule has 1 fully saturated rings. The van der Waals surface area contributed by atoms with Crippen LogP contribution < -0.4 is 0 Å². The lowest BCUT2D eigenvalue weighted by atomic mass is 9.69. The highest BCUT2D eigenvalue weighted by atomic mass is 16.5. The summed E-state index contributed by atoms with van der Waals surface area (Å²) in [6.07, 6.45) is 4.83. The van der Waals surface area contributed by atoms with Crippen molar-refractivity contribution in [3.05, 3.63) is 0 Å². The predicted molar refractivity (Wildman–Crippen MR) is 71.2 cm³/mol. The van der Waals surface area contributed by atoms with Crippen molar-refractivity contribution in [1.82, 2.24) is 0 Å². The monoisotopic (exact) mass is 254 g/mol. The second kappa shape index (κ2) is 6.35. The van der Waals surface area contributed by atoms with E-state index in [2.05, 4.69) is 25.5 Å². The smallest absolute Gasteiger partial charge is 0.305 e. The van der Waals surface area contributed by atoms with Gasteiger partial charge in [0.05, 0.1) is 13.5 Å². The first kappa shape index (κ1) is 15.2. The number of methoxy groups -OCH3 is 1. The van der Waals surface area contributed by atoms with Crippen molar-refractivity contribution < 1.29 is 14.3 Å². The Labute approximate surface area is 110 Å². The fourth-order valence-corrected chi connectivity index (χ4v) is 2.81. The normalized spacial score (nSPS) is 24.7. The Balaban J connectivity index is 2.34. The summed E-state index contributed by atoms with van der Waals surface area (Å²) in [5.41, 5.74) is 0.347. The Morgan fingerprint density at radius 3 is 2.06 bits per heavy atom. The van der Waals surface area contributed by atoms with Crippen molar-refractivity contribution in [2.24, 2.45) is 17.3 Å². The van der Waals surface area contributed by atoms with Crippen LogP contribution in [0, 0.1) is 17.3 Å². The average Bonchev–Trinajstić information content (AvgIpc) is 2.34. The molecule has 0 bridgehead atoms. The molecule has 0 unspecified atom stereocenters. The van der Waals surface area contributed by atoms with Crippen LogP contribution in [0.3, 0.4) is 0 Å². The van der Waals surface area contributed by atoms with Gasteiger partial charge in [0.1, 0.15) is 5.78 Å². The molecule has 0 saturated heterocycles. The van der Waals surface area contributed by atoms with E-state index < -0.39 is 0 Å². The van der Waals surface area contributed by atoms with E-state index >= 15 is 0 Å².